The Kier molecular flexibility index (Phi) is 15.6. The number of rotatable bonds is 17. The van der Waals surface area contributed by atoms with Gasteiger partial charge in [0.1, 0.15) is 0 Å². The average molecular weight is 401 g/mol. The van der Waals surface area contributed by atoms with Crippen molar-refractivity contribution in [2.45, 2.75) is 110 Å². The van der Waals surface area contributed by atoms with E-state index in [1.54, 1.807) is 13.8 Å². The lowest BCUT2D eigenvalue weighted by atomic mass is 10.00. The first-order valence-electron chi connectivity index (χ1n) is 11.1. The fourth-order valence-electron chi connectivity index (χ4n) is 3.24. The van der Waals surface area contributed by atoms with E-state index in [2.05, 4.69) is 19.6 Å². The molecular formula is C22H44O4Si. The van der Waals surface area contributed by atoms with Gasteiger partial charge in [0.15, 0.2) is 5.92 Å². The standard InChI is InChI=1S/C22H44O4Si/c1-6-25-21(23)20(22(24)26-7-2)18-16-14-12-10-8-9-11-13-15-17-19-27(3,4)5/h20H,6-19H2,1-5H3. The van der Waals surface area contributed by atoms with Crippen molar-refractivity contribution in [1.82, 2.24) is 0 Å². The van der Waals surface area contributed by atoms with Crippen LogP contribution < -0.4 is 0 Å². The third-order valence-corrected chi connectivity index (χ3v) is 6.67. The number of esters is 2. The lowest BCUT2D eigenvalue weighted by molar-refractivity contribution is -0.161. The van der Waals surface area contributed by atoms with Crippen LogP contribution in [0.4, 0.5) is 0 Å². The van der Waals surface area contributed by atoms with Crippen molar-refractivity contribution in [2.75, 3.05) is 13.2 Å². The summed E-state index contributed by atoms with van der Waals surface area (Å²) in [5.74, 6) is -1.63. The van der Waals surface area contributed by atoms with Gasteiger partial charge in [-0.05, 0) is 20.3 Å². The molecule has 0 aliphatic carbocycles. The maximum Gasteiger partial charge on any atom is 0.320 e. The van der Waals surface area contributed by atoms with Gasteiger partial charge in [0.2, 0.25) is 0 Å². The van der Waals surface area contributed by atoms with Gasteiger partial charge in [-0.2, -0.15) is 0 Å². The van der Waals surface area contributed by atoms with Gasteiger partial charge < -0.3 is 9.47 Å². The van der Waals surface area contributed by atoms with Crippen molar-refractivity contribution in [1.29, 1.82) is 0 Å². The van der Waals surface area contributed by atoms with Crippen LogP contribution in [0.15, 0.2) is 0 Å². The summed E-state index contributed by atoms with van der Waals surface area (Å²) in [7, 11) is -0.841. The van der Waals surface area contributed by atoms with Crippen LogP contribution in [-0.4, -0.2) is 33.2 Å². The largest absolute Gasteiger partial charge is 0.465 e. The van der Waals surface area contributed by atoms with Gasteiger partial charge in [-0.25, -0.2) is 0 Å². The maximum atomic E-state index is 11.9. The van der Waals surface area contributed by atoms with E-state index in [1.807, 2.05) is 0 Å². The second kappa shape index (κ2) is 16.1. The lowest BCUT2D eigenvalue weighted by Gasteiger charge is -2.14. The SMILES string of the molecule is CCOC(=O)C(CCCCCCCCCCCC[Si](C)(C)C)C(=O)OCC. The van der Waals surface area contributed by atoms with Crippen LogP contribution in [0.25, 0.3) is 0 Å². The lowest BCUT2D eigenvalue weighted by Crippen LogP contribution is -2.28. The van der Waals surface area contributed by atoms with E-state index in [1.165, 1.54) is 57.4 Å². The smallest absolute Gasteiger partial charge is 0.320 e. The molecule has 4 nitrogen and oxygen atoms in total. The minimum atomic E-state index is -0.841. The zero-order valence-corrected chi connectivity index (χ0v) is 19.6. The Morgan fingerprint density at radius 2 is 1.04 bits per heavy atom. The number of hydrogen-bond acceptors (Lipinski definition) is 4. The van der Waals surface area contributed by atoms with E-state index < -0.39 is 25.9 Å². The van der Waals surface area contributed by atoms with Crippen molar-refractivity contribution in [3.05, 3.63) is 0 Å². The summed E-state index contributed by atoms with van der Waals surface area (Å²) < 4.78 is 10.0. The molecule has 0 saturated carbocycles. The first-order chi connectivity index (χ1) is 12.8. The molecular weight excluding hydrogens is 356 g/mol. The molecule has 0 spiro atoms. The molecule has 160 valence electrons. The fourth-order valence-corrected chi connectivity index (χ4v) is 4.55. The molecule has 0 aromatic heterocycles. The average Bonchev–Trinajstić information content (AvgIpc) is 2.58. The van der Waals surface area contributed by atoms with Crippen LogP contribution in [0, 0.1) is 5.92 Å². The van der Waals surface area contributed by atoms with Crippen LogP contribution in [0.3, 0.4) is 0 Å². The zero-order valence-electron chi connectivity index (χ0n) is 18.6. The van der Waals surface area contributed by atoms with Crippen LogP contribution in [0.1, 0.15) is 84.5 Å². The van der Waals surface area contributed by atoms with E-state index >= 15 is 0 Å². The highest BCUT2D eigenvalue weighted by Gasteiger charge is 2.28. The first-order valence-corrected chi connectivity index (χ1v) is 14.9. The number of unbranched alkanes of at least 4 members (excludes halogenated alkanes) is 9. The molecule has 0 bridgehead atoms. The Labute approximate surface area is 168 Å². The van der Waals surface area contributed by atoms with Gasteiger partial charge in [-0.3, -0.25) is 9.59 Å². The summed E-state index contributed by atoms with van der Waals surface area (Å²) in [5, 5.41) is 0. The molecule has 0 radical (unpaired) electrons. The molecule has 0 aliphatic heterocycles. The molecule has 0 aromatic carbocycles. The van der Waals surface area contributed by atoms with Crippen LogP contribution in [-0.2, 0) is 19.1 Å². The Hall–Kier alpha value is -0.843. The molecule has 0 saturated heterocycles. The highest BCUT2D eigenvalue weighted by atomic mass is 28.3. The topological polar surface area (TPSA) is 52.6 Å². The number of ether oxygens (including phenoxy) is 2. The monoisotopic (exact) mass is 400 g/mol. The second-order valence-corrected chi connectivity index (χ2v) is 14.3. The first kappa shape index (κ1) is 26.2. The Bertz CT molecular complexity index is 372. The van der Waals surface area contributed by atoms with Gasteiger partial charge in [0.25, 0.3) is 0 Å². The maximum absolute atomic E-state index is 11.9. The van der Waals surface area contributed by atoms with Crippen LogP contribution >= 0.6 is 0 Å². The molecule has 0 heterocycles. The van der Waals surface area contributed by atoms with Crippen molar-refractivity contribution >= 4 is 20.0 Å². The van der Waals surface area contributed by atoms with Crippen molar-refractivity contribution in [3.63, 3.8) is 0 Å². The fraction of sp³-hybridized carbons (Fsp3) is 0.909. The van der Waals surface area contributed by atoms with Gasteiger partial charge in [0, 0.05) is 8.07 Å². The Morgan fingerprint density at radius 3 is 1.41 bits per heavy atom. The number of carbonyl (C=O) groups is 2. The summed E-state index contributed by atoms with van der Waals surface area (Å²) in [6.45, 7) is 11.5. The van der Waals surface area contributed by atoms with E-state index in [4.69, 9.17) is 9.47 Å². The van der Waals surface area contributed by atoms with E-state index in [-0.39, 0.29) is 0 Å². The predicted molar refractivity (Wildman–Crippen MR) is 116 cm³/mol. The molecule has 0 unspecified atom stereocenters. The summed E-state index contributed by atoms with van der Waals surface area (Å²) in [5.41, 5.74) is 0. The highest BCUT2D eigenvalue weighted by Crippen LogP contribution is 2.18. The molecule has 27 heavy (non-hydrogen) atoms. The predicted octanol–water partition coefficient (Wildman–Crippen LogP) is 6.36. The van der Waals surface area contributed by atoms with Gasteiger partial charge in [-0.1, -0.05) is 89.9 Å². The third-order valence-electron chi connectivity index (χ3n) is 4.81. The molecule has 0 fully saturated rings. The van der Waals surface area contributed by atoms with Gasteiger partial charge >= 0.3 is 11.9 Å². The van der Waals surface area contributed by atoms with Crippen LogP contribution in [0.2, 0.25) is 25.7 Å². The number of carbonyl (C=O) groups excluding carboxylic acids is 2. The summed E-state index contributed by atoms with van der Waals surface area (Å²) in [6, 6.07) is 1.46. The summed E-state index contributed by atoms with van der Waals surface area (Å²) in [6.07, 6.45) is 13.1. The Morgan fingerprint density at radius 1 is 0.667 bits per heavy atom. The van der Waals surface area contributed by atoms with E-state index in [0.29, 0.717) is 19.6 Å². The normalized spacial score (nSPS) is 11.6. The van der Waals surface area contributed by atoms with E-state index in [0.717, 1.165) is 12.8 Å². The van der Waals surface area contributed by atoms with Gasteiger partial charge in [-0.15, -0.1) is 0 Å². The van der Waals surface area contributed by atoms with E-state index in [9.17, 15) is 9.59 Å². The van der Waals surface area contributed by atoms with Gasteiger partial charge in [0.05, 0.1) is 13.2 Å². The molecule has 5 heteroatoms. The minimum Gasteiger partial charge on any atom is -0.465 e. The van der Waals surface area contributed by atoms with Crippen LogP contribution in [0.5, 0.6) is 0 Å². The molecule has 0 atom stereocenters. The third kappa shape index (κ3) is 15.9. The zero-order chi connectivity index (χ0) is 20.5. The summed E-state index contributed by atoms with van der Waals surface area (Å²) >= 11 is 0. The quantitative estimate of drug-likeness (QED) is 0.123. The Balaban J connectivity index is 3.67. The molecule has 0 N–H and O–H groups in total. The summed E-state index contributed by atoms with van der Waals surface area (Å²) in [4.78, 5) is 23.8. The molecule has 0 aliphatic rings. The minimum absolute atomic E-state index is 0.298. The highest BCUT2D eigenvalue weighted by molar-refractivity contribution is 6.76. The molecule has 0 aromatic rings. The van der Waals surface area contributed by atoms with Crippen molar-refractivity contribution in [3.8, 4) is 0 Å². The van der Waals surface area contributed by atoms with Crippen molar-refractivity contribution in [2.24, 2.45) is 5.92 Å². The van der Waals surface area contributed by atoms with Crippen molar-refractivity contribution < 1.29 is 19.1 Å². The second-order valence-electron chi connectivity index (χ2n) is 8.69. The molecule has 0 amide bonds. The number of hydrogen-bond donors (Lipinski definition) is 0. The molecule has 0 rings (SSSR count).